The zero-order chi connectivity index (χ0) is 13.0. The van der Waals surface area contributed by atoms with Gasteiger partial charge >= 0.3 is 0 Å². The van der Waals surface area contributed by atoms with Crippen molar-refractivity contribution in [3.05, 3.63) is 28.2 Å². The van der Waals surface area contributed by atoms with Crippen LogP contribution in [0.4, 0.5) is 8.78 Å². The second-order valence-electron chi connectivity index (χ2n) is 3.86. The van der Waals surface area contributed by atoms with E-state index in [0.29, 0.717) is 19.6 Å². The molecule has 0 bridgehead atoms. The predicted octanol–water partition coefficient (Wildman–Crippen LogP) is 3.26. The largest absolute Gasteiger partial charge is 0.489 e. The molecule has 1 aliphatic heterocycles. The highest BCUT2D eigenvalue weighted by atomic mass is 79.9. The first-order chi connectivity index (χ1) is 8.66. The summed E-state index contributed by atoms with van der Waals surface area (Å²) in [6, 6.07) is 1.94. The van der Waals surface area contributed by atoms with Gasteiger partial charge in [0.2, 0.25) is 0 Å². The van der Waals surface area contributed by atoms with Gasteiger partial charge in [-0.25, -0.2) is 8.78 Å². The molecule has 0 aliphatic carbocycles. The zero-order valence-corrected chi connectivity index (χ0v) is 11.2. The molecule has 6 heteroatoms. The van der Waals surface area contributed by atoms with Crippen molar-refractivity contribution in [3.63, 3.8) is 0 Å². The number of hydrogen-bond donors (Lipinski definition) is 0. The lowest BCUT2D eigenvalue weighted by Gasteiger charge is -2.23. The van der Waals surface area contributed by atoms with Gasteiger partial charge in [-0.15, -0.1) is 0 Å². The van der Waals surface area contributed by atoms with E-state index in [4.69, 9.17) is 14.2 Å². The Balaban J connectivity index is 1.86. The van der Waals surface area contributed by atoms with Gasteiger partial charge in [0.25, 0.3) is 0 Å². The number of rotatable bonds is 4. The summed E-state index contributed by atoms with van der Waals surface area (Å²) >= 11 is 3.06. The smallest absolute Gasteiger partial charge is 0.169 e. The molecule has 0 spiro atoms. The van der Waals surface area contributed by atoms with Crippen LogP contribution < -0.4 is 4.74 Å². The van der Waals surface area contributed by atoms with Crippen LogP contribution in [0.3, 0.4) is 0 Å². The van der Waals surface area contributed by atoms with Crippen LogP contribution in [0.2, 0.25) is 0 Å². The molecular weight excluding hydrogens is 310 g/mol. The highest BCUT2D eigenvalue weighted by Gasteiger charge is 2.16. The van der Waals surface area contributed by atoms with Crippen molar-refractivity contribution in [3.8, 4) is 5.75 Å². The van der Waals surface area contributed by atoms with Gasteiger partial charge < -0.3 is 14.2 Å². The summed E-state index contributed by atoms with van der Waals surface area (Å²) in [5.74, 6) is -1.37. The molecule has 0 aromatic heterocycles. The number of halogens is 3. The second kappa shape index (κ2) is 6.45. The Morgan fingerprint density at radius 2 is 2.00 bits per heavy atom. The van der Waals surface area contributed by atoms with Gasteiger partial charge in [0.1, 0.15) is 5.82 Å². The average Bonchev–Trinajstić information content (AvgIpc) is 2.34. The maximum atomic E-state index is 13.4. The molecule has 1 saturated heterocycles. The summed E-state index contributed by atoms with van der Waals surface area (Å²) in [5.41, 5.74) is 0. The van der Waals surface area contributed by atoms with Crippen molar-refractivity contribution in [1.82, 2.24) is 0 Å². The molecule has 0 atom stereocenters. The van der Waals surface area contributed by atoms with E-state index in [0.717, 1.165) is 18.6 Å². The fraction of sp³-hybridized carbons (Fsp3) is 0.500. The molecule has 0 amide bonds. The lowest BCUT2D eigenvalue weighted by molar-refractivity contribution is -0.183. The topological polar surface area (TPSA) is 27.7 Å². The molecule has 18 heavy (non-hydrogen) atoms. The molecule has 0 saturated carbocycles. The Kier molecular flexibility index (Phi) is 4.91. The number of ether oxygens (including phenoxy) is 3. The Labute approximate surface area is 112 Å². The van der Waals surface area contributed by atoms with Crippen molar-refractivity contribution in [2.45, 2.75) is 19.1 Å². The summed E-state index contributed by atoms with van der Waals surface area (Å²) in [6.07, 6.45) is 1.08. The fourth-order valence-corrected chi connectivity index (χ4v) is 2.15. The van der Waals surface area contributed by atoms with E-state index in [1.807, 2.05) is 0 Å². The van der Waals surface area contributed by atoms with E-state index in [9.17, 15) is 8.78 Å². The predicted molar refractivity (Wildman–Crippen MR) is 64.5 cm³/mol. The third kappa shape index (κ3) is 3.63. The number of benzene rings is 1. The second-order valence-corrected chi connectivity index (χ2v) is 4.71. The van der Waals surface area contributed by atoms with E-state index in [-0.39, 0.29) is 23.1 Å². The van der Waals surface area contributed by atoms with E-state index < -0.39 is 11.6 Å². The van der Waals surface area contributed by atoms with Crippen LogP contribution in [0.15, 0.2) is 16.6 Å². The van der Waals surface area contributed by atoms with Gasteiger partial charge in [0.15, 0.2) is 17.9 Å². The summed E-state index contributed by atoms with van der Waals surface area (Å²) in [5, 5.41) is 0. The fourth-order valence-electron chi connectivity index (χ4n) is 1.63. The maximum Gasteiger partial charge on any atom is 0.169 e. The monoisotopic (exact) mass is 322 g/mol. The van der Waals surface area contributed by atoms with Crippen molar-refractivity contribution in [1.29, 1.82) is 0 Å². The van der Waals surface area contributed by atoms with Gasteiger partial charge in [0, 0.05) is 12.5 Å². The van der Waals surface area contributed by atoms with Crippen LogP contribution in [0, 0.1) is 11.6 Å². The minimum absolute atomic E-state index is 0.00668. The Morgan fingerprint density at radius 1 is 1.28 bits per heavy atom. The molecule has 100 valence electrons. The summed E-state index contributed by atoms with van der Waals surface area (Å²) in [4.78, 5) is 0. The van der Waals surface area contributed by atoms with Crippen LogP contribution >= 0.6 is 15.9 Å². The molecule has 0 radical (unpaired) electrons. The van der Waals surface area contributed by atoms with Crippen molar-refractivity contribution in [2.75, 3.05) is 19.8 Å². The minimum atomic E-state index is -0.729. The molecule has 1 aromatic carbocycles. The van der Waals surface area contributed by atoms with Crippen LogP contribution in [0.1, 0.15) is 12.8 Å². The van der Waals surface area contributed by atoms with Crippen molar-refractivity contribution >= 4 is 15.9 Å². The highest BCUT2D eigenvalue weighted by Crippen LogP contribution is 2.29. The first-order valence-corrected chi connectivity index (χ1v) is 6.46. The van der Waals surface area contributed by atoms with Gasteiger partial charge in [0.05, 0.1) is 24.3 Å². The zero-order valence-electron chi connectivity index (χ0n) is 9.63. The van der Waals surface area contributed by atoms with Gasteiger partial charge in [-0.2, -0.15) is 0 Å². The molecule has 0 unspecified atom stereocenters. The standard InChI is InChI=1S/C12H13BrF2O3/c13-9-6-8(14)7-10(15)12(9)18-5-2-11-16-3-1-4-17-11/h6-7,11H,1-5H2. The maximum absolute atomic E-state index is 13.4. The van der Waals surface area contributed by atoms with Crippen molar-refractivity contribution < 1.29 is 23.0 Å². The molecule has 2 rings (SSSR count). The van der Waals surface area contributed by atoms with E-state index in [1.165, 1.54) is 0 Å². The average molecular weight is 323 g/mol. The van der Waals surface area contributed by atoms with Crippen molar-refractivity contribution in [2.24, 2.45) is 0 Å². The third-order valence-electron chi connectivity index (χ3n) is 2.46. The SMILES string of the molecule is Fc1cc(F)c(OCCC2OCCCO2)c(Br)c1. The third-order valence-corrected chi connectivity index (χ3v) is 3.05. The lowest BCUT2D eigenvalue weighted by Crippen LogP contribution is -2.26. The Hall–Kier alpha value is -0.720. The quantitative estimate of drug-likeness (QED) is 0.851. The first-order valence-electron chi connectivity index (χ1n) is 5.67. The van der Waals surface area contributed by atoms with Crippen LogP contribution in [0.5, 0.6) is 5.75 Å². The molecule has 1 heterocycles. The summed E-state index contributed by atoms with van der Waals surface area (Å²) in [7, 11) is 0. The lowest BCUT2D eigenvalue weighted by atomic mass is 10.3. The summed E-state index contributed by atoms with van der Waals surface area (Å²) in [6.45, 7) is 1.57. The Bertz CT molecular complexity index is 385. The Morgan fingerprint density at radius 3 is 2.67 bits per heavy atom. The molecule has 1 aliphatic rings. The van der Waals surface area contributed by atoms with E-state index >= 15 is 0 Å². The summed E-state index contributed by atoms with van der Waals surface area (Å²) < 4.78 is 42.5. The highest BCUT2D eigenvalue weighted by molar-refractivity contribution is 9.10. The normalized spacial score (nSPS) is 16.8. The molecular formula is C12H13BrF2O3. The molecule has 1 fully saturated rings. The minimum Gasteiger partial charge on any atom is -0.489 e. The molecule has 3 nitrogen and oxygen atoms in total. The van der Waals surface area contributed by atoms with Gasteiger partial charge in [-0.3, -0.25) is 0 Å². The van der Waals surface area contributed by atoms with E-state index in [1.54, 1.807) is 0 Å². The van der Waals surface area contributed by atoms with E-state index in [2.05, 4.69) is 15.9 Å². The number of hydrogen-bond acceptors (Lipinski definition) is 3. The molecule has 1 aromatic rings. The first kappa shape index (κ1) is 13.7. The molecule has 0 N–H and O–H groups in total. The van der Waals surface area contributed by atoms with Crippen LogP contribution in [-0.4, -0.2) is 26.1 Å². The van der Waals surface area contributed by atoms with Gasteiger partial charge in [-0.05, 0) is 28.4 Å². The van der Waals surface area contributed by atoms with Crippen LogP contribution in [0.25, 0.3) is 0 Å². The van der Waals surface area contributed by atoms with Crippen LogP contribution in [-0.2, 0) is 9.47 Å². The van der Waals surface area contributed by atoms with Gasteiger partial charge in [-0.1, -0.05) is 0 Å².